The van der Waals surface area contributed by atoms with Gasteiger partial charge in [-0.3, -0.25) is 0 Å². The van der Waals surface area contributed by atoms with Gasteiger partial charge in [-0.05, 0) is 13.3 Å². The van der Waals surface area contributed by atoms with Gasteiger partial charge in [0.1, 0.15) is 12.1 Å². The van der Waals surface area contributed by atoms with Crippen LogP contribution in [0.2, 0.25) is 0 Å². The summed E-state index contributed by atoms with van der Waals surface area (Å²) in [5, 5.41) is 11.3. The van der Waals surface area contributed by atoms with Crippen LogP contribution in [0, 0.1) is 0 Å². The molecule has 1 unspecified atom stereocenters. The first-order valence-electron chi connectivity index (χ1n) is 4.75. The largest absolute Gasteiger partial charge is 0.480 e. The highest BCUT2D eigenvalue weighted by Crippen LogP contribution is 2.12. The third-order valence-electron chi connectivity index (χ3n) is 1.93. The molecule has 0 rings (SSSR count). The maximum atomic E-state index is 11.2. The van der Waals surface area contributed by atoms with Crippen molar-refractivity contribution in [2.24, 2.45) is 0 Å². The van der Waals surface area contributed by atoms with Crippen LogP contribution in [0.4, 0.5) is 4.79 Å². The normalized spacial score (nSPS) is 13.7. The monoisotopic (exact) mass is 215 g/mol. The van der Waals surface area contributed by atoms with Crippen molar-refractivity contribution in [2.75, 3.05) is 6.61 Å². The topological polar surface area (TPSA) is 75.6 Å². The van der Waals surface area contributed by atoms with Crippen LogP contribution in [0.1, 0.15) is 26.7 Å². The molecule has 0 aliphatic rings. The number of aliphatic carboxylic acids is 1. The van der Waals surface area contributed by atoms with Crippen LogP contribution in [0.25, 0.3) is 0 Å². The summed E-state index contributed by atoms with van der Waals surface area (Å²) in [7, 11) is 0. The fourth-order valence-electron chi connectivity index (χ4n) is 1.12. The van der Waals surface area contributed by atoms with E-state index in [2.05, 4.69) is 16.6 Å². The number of carboxylic acid groups (broad SMARTS) is 1. The highest BCUT2D eigenvalue weighted by molar-refractivity contribution is 5.83. The maximum absolute atomic E-state index is 11.2. The molecule has 0 heterocycles. The summed E-state index contributed by atoms with van der Waals surface area (Å²) >= 11 is 0. The van der Waals surface area contributed by atoms with Crippen LogP contribution < -0.4 is 5.32 Å². The molecular formula is C10H17NO4. The van der Waals surface area contributed by atoms with Crippen molar-refractivity contribution >= 4 is 12.1 Å². The molecule has 0 aliphatic heterocycles. The van der Waals surface area contributed by atoms with Gasteiger partial charge in [-0.25, -0.2) is 9.59 Å². The molecule has 5 heteroatoms. The Morgan fingerprint density at radius 3 is 2.60 bits per heavy atom. The Balaban J connectivity index is 4.34. The molecule has 0 saturated heterocycles. The fraction of sp³-hybridized carbons (Fsp3) is 0.600. The van der Waals surface area contributed by atoms with Gasteiger partial charge in [0.15, 0.2) is 0 Å². The van der Waals surface area contributed by atoms with E-state index in [1.165, 1.54) is 13.0 Å². The molecule has 0 saturated carbocycles. The zero-order chi connectivity index (χ0) is 11.9. The van der Waals surface area contributed by atoms with Crippen LogP contribution in [-0.2, 0) is 9.53 Å². The molecule has 2 N–H and O–H groups in total. The van der Waals surface area contributed by atoms with Gasteiger partial charge in [-0.1, -0.05) is 26.0 Å². The predicted molar refractivity (Wildman–Crippen MR) is 55.6 cm³/mol. The molecule has 0 spiro atoms. The number of carbonyl (C=O) groups is 2. The SMILES string of the molecule is C=CCOC(=O)NC(C)(CCC)C(=O)O. The van der Waals surface area contributed by atoms with Crippen molar-refractivity contribution < 1.29 is 19.4 Å². The van der Waals surface area contributed by atoms with Gasteiger partial charge in [-0.2, -0.15) is 0 Å². The summed E-state index contributed by atoms with van der Waals surface area (Å²) in [5.74, 6) is -1.07. The van der Waals surface area contributed by atoms with E-state index >= 15 is 0 Å². The Labute approximate surface area is 89.1 Å². The van der Waals surface area contributed by atoms with E-state index in [9.17, 15) is 9.59 Å². The van der Waals surface area contributed by atoms with Gasteiger partial charge in [0.05, 0.1) is 0 Å². The van der Waals surface area contributed by atoms with Gasteiger partial charge >= 0.3 is 12.1 Å². The Morgan fingerprint density at radius 1 is 1.60 bits per heavy atom. The van der Waals surface area contributed by atoms with Crippen LogP contribution >= 0.6 is 0 Å². The van der Waals surface area contributed by atoms with E-state index in [1.807, 2.05) is 6.92 Å². The molecule has 1 amide bonds. The summed E-state index contributed by atoms with van der Waals surface area (Å²) in [6.07, 6.45) is 1.68. The van der Waals surface area contributed by atoms with E-state index in [-0.39, 0.29) is 6.61 Å². The summed E-state index contributed by atoms with van der Waals surface area (Å²) < 4.78 is 4.65. The summed E-state index contributed by atoms with van der Waals surface area (Å²) in [6.45, 7) is 6.74. The molecule has 0 radical (unpaired) electrons. The van der Waals surface area contributed by atoms with Crippen LogP contribution in [0.15, 0.2) is 12.7 Å². The lowest BCUT2D eigenvalue weighted by Gasteiger charge is -2.24. The number of nitrogens with one attached hydrogen (secondary N) is 1. The number of amides is 1. The van der Waals surface area contributed by atoms with Crippen molar-refractivity contribution in [3.8, 4) is 0 Å². The molecule has 5 nitrogen and oxygen atoms in total. The van der Waals surface area contributed by atoms with Gasteiger partial charge in [0, 0.05) is 0 Å². The zero-order valence-electron chi connectivity index (χ0n) is 9.08. The lowest BCUT2D eigenvalue weighted by molar-refractivity contribution is -0.144. The first-order valence-corrected chi connectivity index (χ1v) is 4.75. The van der Waals surface area contributed by atoms with E-state index in [1.54, 1.807) is 0 Å². The van der Waals surface area contributed by atoms with Gasteiger partial charge in [0.25, 0.3) is 0 Å². The average Bonchev–Trinajstić information content (AvgIpc) is 2.14. The van der Waals surface area contributed by atoms with Gasteiger partial charge in [0.2, 0.25) is 0 Å². The fourth-order valence-corrected chi connectivity index (χ4v) is 1.12. The highest BCUT2D eigenvalue weighted by Gasteiger charge is 2.34. The predicted octanol–water partition coefficient (Wildman–Crippen LogP) is 1.54. The third-order valence-corrected chi connectivity index (χ3v) is 1.93. The maximum Gasteiger partial charge on any atom is 0.408 e. The molecule has 15 heavy (non-hydrogen) atoms. The standard InChI is InChI=1S/C10H17NO4/c1-4-6-10(3,8(12)13)11-9(14)15-7-5-2/h5H,2,4,6-7H2,1,3H3,(H,11,14)(H,12,13). The number of carbonyl (C=O) groups excluding carboxylic acids is 1. The number of alkyl carbamates (subject to hydrolysis) is 1. The lowest BCUT2D eigenvalue weighted by atomic mass is 9.97. The Hall–Kier alpha value is -1.52. The van der Waals surface area contributed by atoms with E-state index < -0.39 is 17.6 Å². The number of rotatable bonds is 6. The number of carboxylic acids is 1. The highest BCUT2D eigenvalue weighted by atomic mass is 16.5. The van der Waals surface area contributed by atoms with E-state index in [0.717, 1.165) is 0 Å². The number of hydrogen-bond donors (Lipinski definition) is 2. The molecule has 0 aromatic heterocycles. The summed E-state index contributed by atoms with van der Waals surface area (Å²) in [6, 6.07) is 0. The minimum atomic E-state index is -1.27. The van der Waals surface area contributed by atoms with Crippen molar-refractivity contribution in [1.29, 1.82) is 0 Å². The van der Waals surface area contributed by atoms with E-state index in [0.29, 0.717) is 12.8 Å². The van der Waals surface area contributed by atoms with Crippen molar-refractivity contribution in [3.05, 3.63) is 12.7 Å². The molecule has 0 aromatic carbocycles. The Kier molecular flexibility index (Phi) is 5.44. The lowest BCUT2D eigenvalue weighted by Crippen LogP contribution is -2.52. The molecule has 0 aliphatic carbocycles. The first-order chi connectivity index (χ1) is 6.96. The second-order valence-electron chi connectivity index (χ2n) is 3.40. The number of ether oxygens (including phenoxy) is 1. The molecule has 0 bridgehead atoms. The minimum absolute atomic E-state index is 0.0632. The van der Waals surface area contributed by atoms with Crippen LogP contribution in [0.5, 0.6) is 0 Å². The molecule has 1 atom stereocenters. The van der Waals surface area contributed by atoms with Crippen LogP contribution in [0.3, 0.4) is 0 Å². The molecule has 0 fully saturated rings. The van der Waals surface area contributed by atoms with Gasteiger partial charge < -0.3 is 15.2 Å². The Morgan fingerprint density at radius 2 is 2.20 bits per heavy atom. The third kappa shape index (κ3) is 4.49. The first kappa shape index (κ1) is 13.5. The second-order valence-corrected chi connectivity index (χ2v) is 3.40. The zero-order valence-corrected chi connectivity index (χ0v) is 9.08. The second kappa shape index (κ2) is 6.06. The molecule has 86 valence electrons. The van der Waals surface area contributed by atoms with Crippen molar-refractivity contribution in [1.82, 2.24) is 5.32 Å². The van der Waals surface area contributed by atoms with E-state index in [4.69, 9.17) is 5.11 Å². The van der Waals surface area contributed by atoms with Crippen molar-refractivity contribution in [3.63, 3.8) is 0 Å². The minimum Gasteiger partial charge on any atom is -0.480 e. The summed E-state index contributed by atoms with van der Waals surface area (Å²) in [5.41, 5.74) is -1.27. The smallest absolute Gasteiger partial charge is 0.408 e. The van der Waals surface area contributed by atoms with Gasteiger partial charge in [-0.15, -0.1) is 0 Å². The molecular weight excluding hydrogens is 198 g/mol. The summed E-state index contributed by atoms with van der Waals surface area (Å²) in [4.78, 5) is 22.1. The quantitative estimate of drug-likeness (QED) is 0.659. The van der Waals surface area contributed by atoms with Crippen LogP contribution in [-0.4, -0.2) is 29.3 Å². The molecule has 0 aromatic rings. The Bertz CT molecular complexity index is 252. The van der Waals surface area contributed by atoms with Crippen molar-refractivity contribution in [2.45, 2.75) is 32.2 Å². The number of hydrogen-bond acceptors (Lipinski definition) is 3. The average molecular weight is 215 g/mol.